The van der Waals surface area contributed by atoms with Gasteiger partial charge in [-0.05, 0) is 45.0 Å². The number of non-ortho nitro benzene ring substituents is 1. The molecule has 0 unspecified atom stereocenters. The number of benzene rings is 2. The molecule has 2 aromatic carbocycles. The van der Waals surface area contributed by atoms with Crippen LogP contribution in [0, 0.1) is 10.1 Å². The molecule has 6 heteroatoms. The topological polar surface area (TPSA) is 81.2 Å². The first kappa shape index (κ1) is 16.7. The van der Waals surface area contributed by atoms with Crippen molar-refractivity contribution in [2.45, 2.75) is 26.3 Å². The van der Waals surface area contributed by atoms with E-state index < -0.39 is 4.92 Å². The van der Waals surface area contributed by atoms with Gasteiger partial charge in [0.25, 0.3) is 5.69 Å². The molecule has 128 valence electrons. The van der Waals surface area contributed by atoms with Gasteiger partial charge in [-0.3, -0.25) is 10.1 Å². The molecule has 1 heterocycles. The van der Waals surface area contributed by atoms with Crippen molar-refractivity contribution >= 4 is 11.6 Å². The molecule has 0 bridgehead atoms. The van der Waals surface area contributed by atoms with Crippen LogP contribution in [0.4, 0.5) is 11.6 Å². The van der Waals surface area contributed by atoms with Crippen molar-refractivity contribution in [2.24, 2.45) is 0 Å². The van der Waals surface area contributed by atoms with Crippen LogP contribution in [0.1, 0.15) is 20.8 Å². The number of nitro benzene ring substituents is 1. The van der Waals surface area contributed by atoms with Crippen LogP contribution in [0.15, 0.2) is 59.0 Å². The number of oxazole rings is 1. The van der Waals surface area contributed by atoms with Crippen molar-refractivity contribution < 1.29 is 9.34 Å². The first-order valence-electron chi connectivity index (χ1n) is 7.93. The lowest BCUT2D eigenvalue weighted by Gasteiger charge is -2.20. The van der Waals surface area contributed by atoms with Gasteiger partial charge >= 0.3 is 0 Å². The highest BCUT2D eigenvalue weighted by molar-refractivity contribution is 5.74. The van der Waals surface area contributed by atoms with Crippen LogP contribution in [0.25, 0.3) is 22.7 Å². The summed E-state index contributed by atoms with van der Waals surface area (Å²) in [7, 11) is 0. The normalized spacial score (nSPS) is 11.3. The lowest BCUT2D eigenvalue weighted by atomic mass is 10.1. The summed E-state index contributed by atoms with van der Waals surface area (Å²) in [5, 5.41) is 14.2. The van der Waals surface area contributed by atoms with Crippen LogP contribution in [0.5, 0.6) is 0 Å². The molecule has 0 saturated heterocycles. The summed E-state index contributed by atoms with van der Waals surface area (Å²) in [6, 6.07) is 15.9. The van der Waals surface area contributed by atoms with E-state index in [0.717, 1.165) is 11.1 Å². The molecule has 25 heavy (non-hydrogen) atoms. The van der Waals surface area contributed by atoms with E-state index in [1.165, 1.54) is 12.1 Å². The summed E-state index contributed by atoms with van der Waals surface area (Å²) in [6.07, 6.45) is 0. The van der Waals surface area contributed by atoms with Crippen LogP contribution >= 0.6 is 0 Å². The number of nitro groups is 1. The van der Waals surface area contributed by atoms with Gasteiger partial charge in [-0.15, -0.1) is 0 Å². The van der Waals surface area contributed by atoms with Gasteiger partial charge in [0.2, 0.25) is 11.8 Å². The summed E-state index contributed by atoms with van der Waals surface area (Å²) in [4.78, 5) is 15.0. The zero-order valence-corrected chi connectivity index (χ0v) is 14.3. The summed E-state index contributed by atoms with van der Waals surface area (Å²) in [5.41, 5.74) is 2.07. The third-order valence-electron chi connectivity index (χ3n) is 3.49. The molecule has 0 radical (unpaired) electrons. The molecule has 0 aliphatic heterocycles. The highest BCUT2D eigenvalue weighted by Gasteiger charge is 2.21. The van der Waals surface area contributed by atoms with Crippen molar-refractivity contribution in [3.05, 3.63) is 64.7 Å². The highest BCUT2D eigenvalue weighted by atomic mass is 16.6. The van der Waals surface area contributed by atoms with E-state index in [1.54, 1.807) is 12.1 Å². The smallest absolute Gasteiger partial charge is 0.269 e. The molecule has 3 aromatic rings. The second-order valence-electron chi connectivity index (χ2n) is 6.74. The first-order chi connectivity index (χ1) is 11.8. The fourth-order valence-electron chi connectivity index (χ4n) is 2.39. The number of nitrogens with zero attached hydrogens (tertiary/aromatic N) is 2. The first-order valence-corrected chi connectivity index (χ1v) is 7.93. The molecular formula is C19H19N3O3. The van der Waals surface area contributed by atoms with Crippen LogP contribution in [0.2, 0.25) is 0 Å². The number of aromatic nitrogens is 1. The second kappa shape index (κ2) is 6.39. The predicted molar refractivity (Wildman–Crippen MR) is 97.4 cm³/mol. The summed E-state index contributed by atoms with van der Waals surface area (Å²) in [5.74, 6) is 1.04. The Morgan fingerprint density at radius 3 is 2.20 bits per heavy atom. The van der Waals surface area contributed by atoms with Gasteiger partial charge in [0, 0.05) is 28.8 Å². The summed E-state index contributed by atoms with van der Waals surface area (Å²) >= 11 is 0. The van der Waals surface area contributed by atoms with Crippen molar-refractivity contribution in [3.8, 4) is 22.7 Å². The number of rotatable bonds is 4. The number of hydrogen-bond donors (Lipinski definition) is 1. The Bertz CT molecular complexity index is 879. The van der Waals surface area contributed by atoms with E-state index in [1.807, 2.05) is 51.1 Å². The van der Waals surface area contributed by atoms with Crippen LogP contribution in [0.3, 0.4) is 0 Å². The molecule has 6 nitrogen and oxygen atoms in total. The van der Waals surface area contributed by atoms with E-state index in [2.05, 4.69) is 10.3 Å². The molecular weight excluding hydrogens is 318 g/mol. The monoisotopic (exact) mass is 337 g/mol. The van der Waals surface area contributed by atoms with Crippen LogP contribution in [-0.4, -0.2) is 15.4 Å². The van der Waals surface area contributed by atoms with Gasteiger partial charge in [-0.25, -0.2) is 4.98 Å². The average Bonchev–Trinajstić information content (AvgIpc) is 2.97. The van der Waals surface area contributed by atoms with E-state index in [4.69, 9.17) is 4.42 Å². The number of hydrogen-bond acceptors (Lipinski definition) is 5. The average molecular weight is 337 g/mol. The zero-order chi connectivity index (χ0) is 18.0. The molecule has 0 amide bonds. The summed E-state index contributed by atoms with van der Waals surface area (Å²) < 4.78 is 5.95. The molecule has 3 rings (SSSR count). The van der Waals surface area contributed by atoms with Crippen molar-refractivity contribution in [1.82, 2.24) is 4.98 Å². The van der Waals surface area contributed by atoms with Crippen LogP contribution in [-0.2, 0) is 0 Å². The molecule has 0 aliphatic rings. The van der Waals surface area contributed by atoms with Crippen molar-refractivity contribution in [3.63, 3.8) is 0 Å². The fraction of sp³-hybridized carbons (Fsp3) is 0.211. The minimum Gasteiger partial charge on any atom is -0.420 e. The fourth-order valence-corrected chi connectivity index (χ4v) is 2.39. The molecule has 0 fully saturated rings. The molecule has 0 atom stereocenters. The van der Waals surface area contributed by atoms with Crippen molar-refractivity contribution in [2.75, 3.05) is 5.32 Å². The number of nitrogens with one attached hydrogen (secondary N) is 1. The maximum absolute atomic E-state index is 10.9. The van der Waals surface area contributed by atoms with E-state index in [-0.39, 0.29) is 11.2 Å². The molecule has 1 aromatic heterocycles. The van der Waals surface area contributed by atoms with E-state index >= 15 is 0 Å². The SMILES string of the molecule is CC(C)(C)Nc1oc(-c2ccccc2)nc1-c1ccc([N+](=O)[O-])cc1. The minimum atomic E-state index is -0.420. The molecule has 1 N–H and O–H groups in total. The highest BCUT2D eigenvalue weighted by Crippen LogP contribution is 2.34. The maximum atomic E-state index is 10.9. The largest absolute Gasteiger partial charge is 0.420 e. The minimum absolute atomic E-state index is 0.0425. The maximum Gasteiger partial charge on any atom is 0.269 e. The van der Waals surface area contributed by atoms with Gasteiger partial charge in [-0.1, -0.05) is 18.2 Å². The molecule has 0 spiro atoms. The van der Waals surface area contributed by atoms with Gasteiger partial charge in [0.15, 0.2) is 0 Å². The summed E-state index contributed by atoms with van der Waals surface area (Å²) in [6.45, 7) is 6.08. The lowest BCUT2D eigenvalue weighted by Crippen LogP contribution is -2.26. The van der Waals surface area contributed by atoms with Gasteiger partial charge in [0.1, 0.15) is 5.69 Å². The Morgan fingerprint density at radius 1 is 1.00 bits per heavy atom. The predicted octanol–water partition coefficient (Wildman–Crippen LogP) is 5.13. The van der Waals surface area contributed by atoms with Crippen molar-refractivity contribution in [1.29, 1.82) is 0 Å². The Balaban J connectivity index is 2.07. The van der Waals surface area contributed by atoms with E-state index in [9.17, 15) is 10.1 Å². The Hall–Kier alpha value is -3.15. The van der Waals surface area contributed by atoms with Crippen LogP contribution < -0.4 is 5.32 Å². The third kappa shape index (κ3) is 3.85. The van der Waals surface area contributed by atoms with E-state index in [0.29, 0.717) is 17.5 Å². The molecule has 0 aliphatic carbocycles. The Kier molecular flexibility index (Phi) is 4.27. The number of anilines is 1. The zero-order valence-electron chi connectivity index (χ0n) is 14.3. The Morgan fingerprint density at radius 2 is 1.64 bits per heavy atom. The molecule has 0 saturated carbocycles. The van der Waals surface area contributed by atoms with Gasteiger partial charge in [-0.2, -0.15) is 0 Å². The lowest BCUT2D eigenvalue weighted by molar-refractivity contribution is -0.384. The van der Waals surface area contributed by atoms with Gasteiger partial charge < -0.3 is 9.73 Å². The van der Waals surface area contributed by atoms with Gasteiger partial charge in [0.05, 0.1) is 4.92 Å². The standard InChI is InChI=1S/C19H19N3O3/c1-19(2,3)21-18-16(13-9-11-15(12-10-13)22(23)24)20-17(25-18)14-7-5-4-6-8-14/h4-12,21H,1-3H3. The Labute approximate surface area is 145 Å². The quantitative estimate of drug-likeness (QED) is 0.527. The third-order valence-corrected chi connectivity index (χ3v) is 3.49. The second-order valence-corrected chi connectivity index (χ2v) is 6.74.